The summed E-state index contributed by atoms with van der Waals surface area (Å²) in [4.78, 5) is 11.8. The van der Waals surface area contributed by atoms with Gasteiger partial charge in [0, 0.05) is 11.0 Å². The molecule has 1 amide bonds. The average Bonchev–Trinajstić information content (AvgIpc) is 2.44. The van der Waals surface area contributed by atoms with Crippen molar-refractivity contribution in [2.45, 2.75) is 12.8 Å². The highest BCUT2D eigenvalue weighted by atomic mass is 79.9. The first-order valence-corrected chi connectivity index (χ1v) is 7.42. The van der Waals surface area contributed by atoms with Gasteiger partial charge in [0.25, 0.3) is 0 Å². The van der Waals surface area contributed by atoms with Crippen LogP contribution in [0.5, 0.6) is 5.75 Å². The Bertz CT molecular complexity index is 425. The van der Waals surface area contributed by atoms with Crippen molar-refractivity contribution >= 4 is 34.2 Å². The van der Waals surface area contributed by atoms with E-state index in [-0.39, 0.29) is 24.2 Å². The number of halogens is 2. The highest BCUT2D eigenvalue weighted by molar-refractivity contribution is 9.10. The molecule has 0 aromatic heterocycles. The number of benzene rings is 1. The SMILES string of the molecule is Cl.O=C(NCCOc1cccc(Br)c1)C1CCCNC1. The van der Waals surface area contributed by atoms with Crippen molar-refractivity contribution in [1.82, 2.24) is 10.6 Å². The molecular formula is C14H20BrClN2O2. The number of ether oxygens (including phenoxy) is 1. The van der Waals surface area contributed by atoms with Gasteiger partial charge in [0.15, 0.2) is 0 Å². The van der Waals surface area contributed by atoms with E-state index in [1.54, 1.807) is 0 Å². The molecule has 112 valence electrons. The topological polar surface area (TPSA) is 50.4 Å². The molecule has 1 saturated heterocycles. The van der Waals surface area contributed by atoms with Gasteiger partial charge in [-0.1, -0.05) is 22.0 Å². The fourth-order valence-corrected chi connectivity index (χ4v) is 2.50. The average molecular weight is 364 g/mol. The molecule has 1 aliphatic rings. The maximum absolute atomic E-state index is 11.8. The predicted octanol–water partition coefficient (Wildman–Crippen LogP) is 2.37. The summed E-state index contributed by atoms with van der Waals surface area (Å²) in [6.07, 6.45) is 2.05. The number of piperidine rings is 1. The van der Waals surface area contributed by atoms with E-state index in [9.17, 15) is 4.79 Å². The first kappa shape index (κ1) is 17.3. The van der Waals surface area contributed by atoms with Gasteiger partial charge in [0.1, 0.15) is 12.4 Å². The third-order valence-corrected chi connectivity index (χ3v) is 3.63. The highest BCUT2D eigenvalue weighted by Crippen LogP contribution is 2.17. The fourth-order valence-electron chi connectivity index (χ4n) is 2.12. The Morgan fingerprint density at radius 3 is 3.05 bits per heavy atom. The highest BCUT2D eigenvalue weighted by Gasteiger charge is 2.20. The summed E-state index contributed by atoms with van der Waals surface area (Å²) in [6.45, 7) is 2.85. The molecular weight excluding hydrogens is 344 g/mol. The summed E-state index contributed by atoms with van der Waals surface area (Å²) in [5.41, 5.74) is 0. The lowest BCUT2D eigenvalue weighted by Crippen LogP contribution is -2.41. The predicted molar refractivity (Wildman–Crippen MR) is 85.5 cm³/mol. The second-order valence-electron chi connectivity index (χ2n) is 4.64. The van der Waals surface area contributed by atoms with Crippen LogP contribution in [-0.2, 0) is 4.79 Å². The van der Waals surface area contributed by atoms with Crippen molar-refractivity contribution in [2.24, 2.45) is 5.92 Å². The molecule has 1 aromatic rings. The quantitative estimate of drug-likeness (QED) is 0.790. The van der Waals surface area contributed by atoms with E-state index in [0.717, 1.165) is 36.2 Å². The van der Waals surface area contributed by atoms with Gasteiger partial charge in [-0.15, -0.1) is 12.4 Å². The minimum Gasteiger partial charge on any atom is -0.492 e. The molecule has 6 heteroatoms. The van der Waals surface area contributed by atoms with Crippen LogP contribution in [0.15, 0.2) is 28.7 Å². The van der Waals surface area contributed by atoms with E-state index >= 15 is 0 Å². The van der Waals surface area contributed by atoms with Gasteiger partial charge in [-0.05, 0) is 37.6 Å². The van der Waals surface area contributed by atoms with Crippen LogP contribution in [0.4, 0.5) is 0 Å². The Balaban J connectivity index is 0.00000200. The number of amides is 1. The minimum atomic E-state index is 0. The summed E-state index contributed by atoms with van der Waals surface area (Å²) < 4.78 is 6.55. The van der Waals surface area contributed by atoms with Gasteiger partial charge in [0.2, 0.25) is 5.91 Å². The zero-order chi connectivity index (χ0) is 13.5. The lowest BCUT2D eigenvalue weighted by molar-refractivity contribution is -0.125. The molecule has 1 aromatic carbocycles. The van der Waals surface area contributed by atoms with Crippen LogP contribution in [0.1, 0.15) is 12.8 Å². The van der Waals surface area contributed by atoms with Crippen molar-refractivity contribution < 1.29 is 9.53 Å². The van der Waals surface area contributed by atoms with Crippen molar-refractivity contribution in [3.8, 4) is 5.75 Å². The van der Waals surface area contributed by atoms with E-state index in [2.05, 4.69) is 26.6 Å². The molecule has 20 heavy (non-hydrogen) atoms. The van der Waals surface area contributed by atoms with Crippen LogP contribution in [0.3, 0.4) is 0 Å². The molecule has 0 aliphatic carbocycles. The Morgan fingerprint density at radius 2 is 2.35 bits per heavy atom. The molecule has 1 aliphatic heterocycles. The van der Waals surface area contributed by atoms with Gasteiger partial charge >= 0.3 is 0 Å². The van der Waals surface area contributed by atoms with Crippen molar-refractivity contribution in [3.63, 3.8) is 0 Å². The zero-order valence-corrected chi connectivity index (χ0v) is 13.6. The molecule has 0 bridgehead atoms. The second-order valence-corrected chi connectivity index (χ2v) is 5.56. The number of hydrogen-bond acceptors (Lipinski definition) is 3. The molecule has 0 radical (unpaired) electrons. The number of carbonyl (C=O) groups excluding carboxylic acids is 1. The van der Waals surface area contributed by atoms with Gasteiger partial charge in [-0.25, -0.2) is 0 Å². The van der Waals surface area contributed by atoms with Crippen LogP contribution in [-0.4, -0.2) is 32.1 Å². The van der Waals surface area contributed by atoms with Crippen LogP contribution < -0.4 is 15.4 Å². The van der Waals surface area contributed by atoms with E-state index in [1.165, 1.54) is 0 Å². The number of hydrogen-bond donors (Lipinski definition) is 2. The maximum Gasteiger partial charge on any atom is 0.224 e. The molecule has 1 fully saturated rings. The normalized spacial score (nSPS) is 17.9. The number of carbonyl (C=O) groups is 1. The Kier molecular flexibility index (Phi) is 7.95. The van der Waals surface area contributed by atoms with Gasteiger partial charge in [-0.3, -0.25) is 4.79 Å². The molecule has 4 nitrogen and oxygen atoms in total. The lowest BCUT2D eigenvalue weighted by atomic mass is 9.99. The molecule has 0 saturated carbocycles. The molecule has 1 unspecified atom stereocenters. The standard InChI is InChI=1S/C14H19BrN2O2.ClH/c15-12-4-1-5-13(9-12)19-8-7-17-14(18)11-3-2-6-16-10-11;/h1,4-5,9,11,16H,2-3,6-8,10H2,(H,17,18);1H. The monoisotopic (exact) mass is 362 g/mol. The van der Waals surface area contributed by atoms with Crippen LogP contribution in [0, 0.1) is 5.92 Å². The zero-order valence-electron chi connectivity index (χ0n) is 11.2. The second kappa shape index (κ2) is 9.21. The molecule has 1 atom stereocenters. The largest absolute Gasteiger partial charge is 0.492 e. The summed E-state index contributed by atoms with van der Waals surface area (Å²) in [5.74, 6) is 1.05. The fraction of sp³-hybridized carbons (Fsp3) is 0.500. The van der Waals surface area contributed by atoms with E-state index in [1.807, 2.05) is 24.3 Å². The molecule has 2 rings (SSSR count). The van der Waals surface area contributed by atoms with Crippen LogP contribution in [0.25, 0.3) is 0 Å². The van der Waals surface area contributed by atoms with E-state index < -0.39 is 0 Å². The van der Waals surface area contributed by atoms with Crippen LogP contribution in [0.2, 0.25) is 0 Å². The lowest BCUT2D eigenvalue weighted by Gasteiger charge is -2.21. The van der Waals surface area contributed by atoms with Gasteiger partial charge < -0.3 is 15.4 Å². The number of nitrogens with one attached hydrogen (secondary N) is 2. The van der Waals surface area contributed by atoms with E-state index in [0.29, 0.717) is 13.2 Å². The minimum absolute atomic E-state index is 0. The van der Waals surface area contributed by atoms with Crippen molar-refractivity contribution in [2.75, 3.05) is 26.2 Å². The summed E-state index contributed by atoms with van der Waals surface area (Å²) in [7, 11) is 0. The van der Waals surface area contributed by atoms with Crippen LogP contribution >= 0.6 is 28.3 Å². The Hall–Kier alpha value is -0.780. The number of rotatable bonds is 5. The Labute approximate surface area is 134 Å². The first-order chi connectivity index (χ1) is 9.25. The van der Waals surface area contributed by atoms with Crippen molar-refractivity contribution in [3.05, 3.63) is 28.7 Å². The summed E-state index contributed by atoms with van der Waals surface area (Å²) >= 11 is 3.39. The smallest absolute Gasteiger partial charge is 0.224 e. The Morgan fingerprint density at radius 1 is 1.50 bits per heavy atom. The maximum atomic E-state index is 11.8. The van der Waals surface area contributed by atoms with E-state index in [4.69, 9.17) is 4.74 Å². The third kappa shape index (κ3) is 5.69. The van der Waals surface area contributed by atoms with Crippen molar-refractivity contribution in [1.29, 1.82) is 0 Å². The molecule has 2 N–H and O–H groups in total. The van der Waals surface area contributed by atoms with Gasteiger partial charge in [0.05, 0.1) is 12.5 Å². The summed E-state index contributed by atoms with van der Waals surface area (Å²) in [5, 5.41) is 6.16. The third-order valence-electron chi connectivity index (χ3n) is 3.13. The molecule has 1 heterocycles. The summed E-state index contributed by atoms with van der Waals surface area (Å²) in [6, 6.07) is 7.68. The van der Waals surface area contributed by atoms with Gasteiger partial charge in [-0.2, -0.15) is 0 Å². The molecule has 0 spiro atoms. The first-order valence-electron chi connectivity index (χ1n) is 6.62.